The second kappa shape index (κ2) is 5.46. The zero-order valence-corrected chi connectivity index (χ0v) is 10.4. The van der Waals surface area contributed by atoms with E-state index in [1.807, 2.05) is 0 Å². The molecule has 0 fully saturated rings. The average Bonchev–Trinajstić information content (AvgIpc) is 2.37. The number of hydrogen-bond acceptors (Lipinski definition) is 4. The molecule has 5 nitrogen and oxygen atoms in total. The number of ether oxygens (including phenoxy) is 2. The van der Waals surface area contributed by atoms with E-state index in [1.165, 1.54) is 0 Å². The van der Waals surface area contributed by atoms with Gasteiger partial charge in [0.15, 0.2) is 11.5 Å². The zero-order valence-electron chi connectivity index (χ0n) is 9.69. The second-order valence-corrected chi connectivity index (χ2v) is 4.44. The molecule has 0 bridgehead atoms. The lowest BCUT2D eigenvalue weighted by atomic mass is 10.0. The van der Waals surface area contributed by atoms with Gasteiger partial charge in [-0.1, -0.05) is 17.7 Å². The number of fused-ring (bicyclic) bond motifs is 1. The largest absolute Gasteiger partial charge is 0.486 e. The van der Waals surface area contributed by atoms with E-state index < -0.39 is 12.0 Å². The maximum absolute atomic E-state index is 10.5. The van der Waals surface area contributed by atoms with Crippen LogP contribution in [0, 0.1) is 0 Å². The van der Waals surface area contributed by atoms with Crippen molar-refractivity contribution in [3.63, 3.8) is 0 Å². The summed E-state index contributed by atoms with van der Waals surface area (Å²) >= 11 is 6.01. The van der Waals surface area contributed by atoms with Crippen LogP contribution in [0.25, 0.3) is 0 Å². The minimum Gasteiger partial charge on any atom is -0.486 e. The molecule has 1 aliphatic heterocycles. The zero-order chi connectivity index (χ0) is 13.1. The smallest absolute Gasteiger partial charge is 0.303 e. The molecular formula is C12H14ClNO4. The highest BCUT2D eigenvalue weighted by Crippen LogP contribution is 2.42. The molecule has 0 amide bonds. The lowest BCUT2D eigenvalue weighted by molar-refractivity contribution is -0.137. The number of carboxylic acid groups (broad SMARTS) is 1. The maximum Gasteiger partial charge on any atom is 0.303 e. The number of benzene rings is 1. The van der Waals surface area contributed by atoms with E-state index >= 15 is 0 Å². The van der Waals surface area contributed by atoms with Gasteiger partial charge in [0.2, 0.25) is 0 Å². The monoisotopic (exact) mass is 271 g/mol. The molecule has 1 aliphatic rings. The van der Waals surface area contributed by atoms with Crippen molar-refractivity contribution in [1.29, 1.82) is 0 Å². The fourth-order valence-electron chi connectivity index (χ4n) is 1.85. The summed E-state index contributed by atoms with van der Waals surface area (Å²) in [6.07, 6.45) is 0.353. The Morgan fingerprint density at radius 1 is 1.39 bits per heavy atom. The molecule has 0 saturated heterocycles. The highest BCUT2D eigenvalue weighted by Gasteiger charge is 2.22. The van der Waals surface area contributed by atoms with Crippen LogP contribution in [0.4, 0.5) is 0 Å². The summed E-state index contributed by atoms with van der Waals surface area (Å²) < 4.78 is 11.0. The van der Waals surface area contributed by atoms with Crippen molar-refractivity contribution in [2.45, 2.75) is 18.9 Å². The third kappa shape index (κ3) is 2.68. The molecule has 18 heavy (non-hydrogen) atoms. The number of aliphatic carboxylic acids is 1. The molecular weight excluding hydrogens is 258 g/mol. The third-order valence-electron chi connectivity index (χ3n) is 2.74. The van der Waals surface area contributed by atoms with Crippen molar-refractivity contribution >= 4 is 17.6 Å². The van der Waals surface area contributed by atoms with E-state index in [1.54, 1.807) is 12.1 Å². The molecule has 1 atom stereocenters. The molecule has 0 radical (unpaired) electrons. The van der Waals surface area contributed by atoms with E-state index in [0.29, 0.717) is 36.2 Å². The van der Waals surface area contributed by atoms with E-state index in [4.69, 9.17) is 31.9 Å². The van der Waals surface area contributed by atoms with Crippen LogP contribution < -0.4 is 15.2 Å². The van der Waals surface area contributed by atoms with Crippen LogP contribution in [0.2, 0.25) is 5.02 Å². The summed E-state index contributed by atoms with van der Waals surface area (Å²) in [6, 6.07) is 3.03. The van der Waals surface area contributed by atoms with Gasteiger partial charge in [0, 0.05) is 18.0 Å². The predicted molar refractivity (Wildman–Crippen MR) is 66.2 cm³/mol. The van der Waals surface area contributed by atoms with Crippen LogP contribution in [-0.4, -0.2) is 24.3 Å². The van der Waals surface area contributed by atoms with Gasteiger partial charge in [-0.3, -0.25) is 4.79 Å². The Bertz CT molecular complexity index is 464. The Labute approximate surface area is 109 Å². The third-order valence-corrected chi connectivity index (χ3v) is 3.04. The molecule has 0 saturated carbocycles. The summed E-state index contributed by atoms with van der Waals surface area (Å²) in [6.45, 7) is 0.881. The van der Waals surface area contributed by atoms with Crippen LogP contribution >= 0.6 is 11.6 Å². The Kier molecular flexibility index (Phi) is 3.93. The molecule has 1 heterocycles. The summed E-state index contributed by atoms with van der Waals surface area (Å²) in [4.78, 5) is 10.5. The molecule has 3 N–H and O–H groups in total. The van der Waals surface area contributed by atoms with Gasteiger partial charge < -0.3 is 20.3 Å². The lowest BCUT2D eigenvalue weighted by Crippen LogP contribution is -2.20. The quantitative estimate of drug-likeness (QED) is 0.875. The molecule has 98 valence electrons. The van der Waals surface area contributed by atoms with Crippen LogP contribution in [0.3, 0.4) is 0 Å². The fraction of sp³-hybridized carbons (Fsp3) is 0.417. The first-order valence-corrected chi connectivity index (χ1v) is 6.02. The van der Waals surface area contributed by atoms with Gasteiger partial charge in [0.25, 0.3) is 0 Å². The van der Waals surface area contributed by atoms with E-state index in [0.717, 1.165) is 5.56 Å². The minimum absolute atomic E-state index is 0.0133. The van der Waals surface area contributed by atoms with Gasteiger partial charge in [-0.05, 0) is 12.5 Å². The predicted octanol–water partition coefficient (Wildman–Crippen LogP) is 1.98. The molecule has 6 heteroatoms. The molecule has 1 aromatic carbocycles. The van der Waals surface area contributed by atoms with Gasteiger partial charge in [-0.15, -0.1) is 0 Å². The highest BCUT2D eigenvalue weighted by atomic mass is 35.5. The number of carbonyl (C=O) groups is 1. The average molecular weight is 272 g/mol. The summed E-state index contributed by atoms with van der Waals surface area (Å²) in [5.41, 5.74) is 6.71. The summed E-state index contributed by atoms with van der Waals surface area (Å²) in [5, 5.41) is 9.13. The number of carboxylic acids is 1. The van der Waals surface area contributed by atoms with E-state index in [-0.39, 0.29) is 6.42 Å². The number of nitrogens with two attached hydrogens (primary N) is 1. The Morgan fingerprint density at radius 2 is 2.06 bits per heavy atom. The van der Waals surface area contributed by atoms with Crippen molar-refractivity contribution in [1.82, 2.24) is 0 Å². The minimum atomic E-state index is -0.870. The normalized spacial score (nSPS) is 15.2. The van der Waals surface area contributed by atoms with Gasteiger partial charge in [-0.2, -0.15) is 0 Å². The first kappa shape index (κ1) is 13.0. The van der Waals surface area contributed by atoms with Crippen LogP contribution in [0.15, 0.2) is 12.1 Å². The molecule has 0 aliphatic carbocycles. The fourth-order valence-corrected chi connectivity index (χ4v) is 2.05. The Morgan fingerprint density at radius 3 is 2.72 bits per heavy atom. The summed E-state index contributed by atoms with van der Waals surface area (Å²) in [7, 11) is 0. The molecule has 0 aromatic heterocycles. The summed E-state index contributed by atoms with van der Waals surface area (Å²) in [5.74, 6) is 0.156. The molecule has 0 spiro atoms. The van der Waals surface area contributed by atoms with Gasteiger partial charge >= 0.3 is 5.97 Å². The number of hydrogen-bond donors (Lipinski definition) is 2. The van der Waals surface area contributed by atoms with Crippen LogP contribution in [0.1, 0.15) is 24.4 Å². The van der Waals surface area contributed by atoms with Crippen molar-refractivity contribution in [2.75, 3.05) is 13.2 Å². The highest BCUT2D eigenvalue weighted by molar-refractivity contribution is 6.32. The van der Waals surface area contributed by atoms with Crippen LogP contribution in [-0.2, 0) is 4.79 Å². The van der Waals surface area contributed by atoms with Crippen molar-refractivity contribution < 1.29 is 19.4 Å². The number of rotatable bonds is 4. The Balaban J connectivity index is 2.25. The van der Waals surface area contributed by atoms with Gasteiger partial charge in [0.1, 0.15) is 13.2 Å². The van der Waals surface area contributed by atoms with Gasteiger partial charge in [0.05, 0.1) is 5.02 Å². The van der Waals surface area contributed by atoms with Crippen LogP contribution in [0.5, 0.6) is 11.5 Å². The maximum atomic E-state index is 10.5. The van der Waals surface area contributed by atoms with E-state index in [2.05, 4.69) is 0 Å². The first-order valence-electron chi connectivity index (χ1n) is 5.65. The molecule has 1 aromatic rings. The topological polar surface area (TPSA) is 81.8 Å². The van der Waals surface area contributed by atoms with Crippen molar-refractivity contribution in [3.05, 3.63) is 22.7 Å². The molecule has 1 unspecified atom stereocenters. The SMILES string of the molecule is NC(CCC(=O)O)c1ccc(Cl)c2c1OCCO2. The van der Waals surface area contributed by atoms with E-state index in [9.17, 15) is 4.79 Å². The number of halogens is 1. The second-order valence-electron chi connectivity index (χ2n) is 4.03. The van der Waals surface area contributed by atoms with Gasteiger partial charge in [-0.25, -0.2) is 0 Å². The molecule has 2 rings (SSSR count). The van der Waals surface area contributed by atoms with Crippen molar-refractivity contribution in [3.8, 4) is 11.5 Å². The lowest BCUT2D eigenvalue weighted by Gasteiger charge is -2.24. The standard InChI is InChI=1S/C12H14ClNO4/c13-8-2-1-7(9(14)3-4-10(15)16)11-12(8)18-6-5-17-11/h1-2,9H,3-6,14H2,(H,15,16). The Hall–Kier alpha value is -1.46. The van der Waals surface area contributed by atoms with Crippen molar-refractivity contribution in [2.24, 2.45) is 5.73 Å². The first-order chi connectivity index (χ1) is 8.59.